The number of carboxylic acids is 1. The first-order valence-electron chi connectivity index (χ1n) is 5.54. The number of carboxylic acid groups (broad SMARTS) is 1. The molecular weight excluding hydrogens is 224 g/mol. The van der Waals surface area contributed by atoms with Crippen LogP contribution in [-0.2, 0) is 14.4 Å². The third-order valence-electron chi connectivity index (χ3n) is 2.71. The van der Waals surface area contributed by atoms with Crippen molar-refractivity contribution in [1.29, 1.82) is 0 Å². The summed E-state index contributed by atoms with van der Waals surface area (Å²) in [7, 11) is 0. The first-order chi connectivity index (χ1) is 7.71. The predicted octanol–water partition coefficient (Wildman–Crippen LogP) is -0.119. The Hall–Kier alpha value is -1.59. The van der Waals surface area contributed by atoms with Crippen LogP contribution >= 0.6 is 0 Å². The average Bonchev–Trinajstić information content (AvgIpc) is 2.58. The fourth-order valence-electron chi connectivity index (χ4n) is 1.70. The third-order valence-corrected chi connectivity index (χ3v) is 2.71. The van der Waals surface area contributed by atoms with E-state index in [1.165, 1.54) is 0 Å². The van der Waals surface area contributed by atoms with Crippen molar-refractivity contribution < 1.29 is 19.5 Å². The highest BCUT2D eigenvalue weighted by Crippen LogP contribution is 2.20. The molecular formula is C11H18N2O4. The van der Waals surface area contributed by atoms with Gasteiger partial charge in [0.05, 0.1) is 0 Å². The molecule has 6 nitrogen and oxygen atoms in total. The molecule has 0 spiro atoms. The molecule has 1 aliphatic rings. The van der Waals surface area contributed by atoms with Gasteiger partial charge in [-0.05, 0) is 11.8 Å². The van der Waals surface area contributed by atoms with Crippen molar-refractivity contribution in [1.82, 2.24) is 10.6 Å². The molecule has 3 N–H and O–H groups in total. The number of carbonyl (C=O) groups is 3. The molecule has 0 aromatic heterocycles. The normalized spacial score (nSPS) is 21.8. The van der Waals surface area contributed by atoms with Gasteiger partial charge in [0.25, 0.3) is 0 Å². The van der Waals surface area contributed by atoms with Crippen molar-refractivity contribution in [3.8, 4) is 0 Å². The van der Waals surface area contributed by atoms with Crippen LogP contribution in [0.4, 0.5) is 0 Å². The van der Waals surface area contributed by atoms with Gasteiger partial charge in [0.15, 0.2) is 0 Å². The standard InChI is InChI=1S/C11H18N2O4/c1-11(2,3)8(10(16)17)13-9(15)6-4-5-7(14)12-6/h6,8H,4-5H2,1-3H3,(H,12,14)(H,13,15)(H,16,17). The molecule has 1 aliphatic heterocycles. The SMILES string of the molecule is CC(C)(C)C(NC(=O)C1CCC(=O)N1)C(=O)O. The molecule has 0 aromatic carbocycles. The molecule has 0 aromatic rings. The van der Waals surface area contributed by atoms with Crippen LogP contribution in [0.1, 0.15) is 33.6 Å². The largest absolute Gasteiger partial charge is 0.480 e. The first-order valence-corrected chi connectivity index (χ1v) is 5.54. The molecule has 0 bridgehead atoms. The lowest BCUT2D eigenvalue weighted by Gasteiger charge is -2.28. The van der Waals surface area contributed by atoms with Crippen molar-refractivity contribution in [3.05, 3.63) is 0 Å². The van der Waals surface area contributed by atoms with Gasteiger partial charge in [-0.3, -0.25) is 9.59 Å². The van der Waals surface area contributed by atoms with Crippen LogP contribution in [0.2, 0.25) is 0 Å². The van der Waals surface area contributed by atoms with E-state index in [2.05, 4.69) is 10.6 Å². The number of nitrogens with one attached hydrogen (secondary N) is 2. The van der Waals surface area contributed by atoms with Crippen LogP contribution < -0.4 is 10.6 Å². The topological polar surface area (TPSA) is 95.5 Å². The monoisotopic (exact) mass is 242 g/mol. The van der Waals surface area contributed by atoms with Gasteiger partial charge in [0, 0.05) is 6.42 Å². The van der Waals surface area contributed by atoms with Crippen LogP contribution in [0.5, 0.6) is 0 Å². The second kappa shape index (κ2) is 4.73. The molecule has 96 valence electrons. The molecule has 6 heteroatoms. The molecule has 2 unspecified atom stereocenters. The van der Waals surface area contributed by atoms with Gasteiger partial charge in [-0.2, -0.15) is 0 Å². The molecule has 1 saturated heterocycles. The minimum Gasteiger partial charge on any atom is -0.480 e. The Labute approximate surface area is 99.8 Å². The van der Waals surface area contributed by atoms with Gasteiger partial charge in [-0.15, -0.1) is 0 Å². The quantitative estimate of drug-likeness (QED) is 0.643. The maximum atomic E-state index is 11.8. The second-order valence-electron chi connectivity index (χ2n) is 5.30. The number of amides is 2. The number of rotatable bonds is 3. The lowest BCUT2D eigenvalue weighted by Crippen LogP contribution is -2.53. The Morgan fingerprint density at radius 3 is 2.41 bits per heavy atom. The lowest BCUT2D eigenvalue weighted by atomic mass is 9.86. The average molecular weight is 242 g/mol. The summed E-state index contributed by atoms with van der Waals surface area (Å²) >= 11 is 0. The van der Waals surface area contributed by atoms with E-state index in [0.717, 1.165) is 0 Å². The summed E-state index contributed by atoms with van der Waals surface area (Å²) in [6.45, 7) is 5.21. The summed E-state index contributed by atoms with van der Waals surface area (Å²) < 4.78 is 0. The third kappa shape index (κ3) is 3.44. The zero-order chi connectivity index (χ0) is 13.2. The van der Waals surface area contributed by atoms with Crippen LogP contribution in [0.15, 0.2) is 0 Å². The lowest BCUT2D eigenvalue weighted by molar-refractivity contribution is -0.145. The predicted molar refractivity (Wildman–Crippen MR) is 60.2 cm³/mol. The Balaban J connectivity index is 2.65. The van der Waals surface area contributed by atoms with Crippen LogP contribution in [0, 0.1) is 5.41 Å². The Bertz CT molecular complexity index is 346. The maximum Gasteiger partial charge on any atom is 0.326 e. The summed E-state index contributed by atoms with van der Waals surface area (Å²) in [4.78, 5) is 33.8. The van der Waals surface area contributed by atoms with Crippen molar-refractivity contribution in [2.75, 3.05) is 0 Å². The Morgan fingerprint density at radius 2 is 2.06 bits per heavy atom. The van der Waals surface area contributed by atoms with Crippen molar-refractivity contribution in [2.45, 2.75) is 45.7 Å². The summed E-state index contributed by atoms with van der Waals surface area (Å²) in [6.07, 6.45) is 0.729. The molecule has 1 heterocycles. The van der Waals surface area contributed by atoms with E-state index in [0.29, 0.717) is 12.8 Å². The van der Waals surface area contributed by atoms with E-state index in [1.54, 1.807) is 20.8 Å². The minimum atomic E-state index is -1.07. The molecule has 0 radical (unpaired) electrons. The number of hydrogen-bond donors (Lipinski definition) is 3. The molecule has 2 atom stereocenters. The summed E-state index contributed by atoms with van der Waals surface area (Å²) in [5.41, 5.74) is -0.579. The maximum absolute atomic E-state index is 11.8. The van der Waals surface area contributed by atoms with Gasteiger partial charge < -0.3 is 15.7 Å². The minimum absolute atomic E-state index is 0.173. The molecule has 0 saturated carbocycles. The Kier molecular flexibility index (Phi) is 3.75. The highest BCUT2D eigenvalue weighted by molar-refractivity contribution is 5.93. The van der Waals surface area contributed by atoms with E-state index >= 15 is 0 Å². The first kappa shape index (κ1) is 13.5. The van der Waals surface area contributed by atoms with Gasteiger partial charge in [0.1, 0.15) is 12.1 Å². The zero-order valence-electron chi connectivity index (χ0n) is 10.2. The van der Waals surface area contributed by atoms with Gasteiger partial charge in [-0.25, -0.2) is 4.79 Å². The highest BCUT2D eigenvalue weighted by Gasteiger charge is 2.36. The van der Waals surface area contributed by atoms with Gasteiger partial charge in [-0.1, -0.05) is 20.8 Å². The number of carbonyl (C=O) groups excluding carboxylic acids is 2. The number of hydrogen-bond acceptors (Lipinski definition) is 3. The molecule has 1 fully saturated rings. The van der Waals surface area contributed by atoms with E-state index in [4.69, 9.17) is 5.11 Å². The van der Waals surface area contributed by atoms with Crippen molar-refractivity contribution in [2.24, 2.45) is 5.41 Å². The molecule has 2 amide bonds. The van der Waals surface area contributed by atoms with E-state index < -0.39 is 29.4 Å². The zero-order valence-corrected chi connectivity index (χ0v) is 10.2. The highest BCUT2D eigenvalue weighted by atomic mass is 16.4. The smallest absolute Gasteiger partial charge is 0.326 e. The van der Waals surface area contributed by atoms with Gasteiger partial charge >= 0.3 is 5.97 Å². The van der Waals surface area contributed by atoms with E-state index in [9.17, 15) is 14.4 Å². The van der Waals surface area contributed by atoms with Crippen LogP contribution in [0.3, 0.4) is 0 Å². The Morgan fingerprint density at radius 1 is 1.47 bits per heavy atom. The van der Waals surface area contributed by atoms with E-state index in [1.807, 2.05) is 0 Å². The van der Waals surface area contributed by atoms with Crippen molar-refractivity contribution >= 4 is 17.8 Å². The summed E-state index contributed by atoms with van der Waals surface area (Å²) in [6, 6.07) is -1.57. The molecule has 17 heavy (non-hydrogen) atoms. The molecule has 0 aliphatic carbocycles. The van der Waals surface area contributed by atoms with Crippen molar-refractivity contribution in [3.63, 3.8) is 0 Å². The fraction of sp³-hybridized carbons (Fsp3) is 0.727. The van der Waals surface area contributed by atoms with Crippen LogP contribution in [-0.4, -0.2) is 35.0 Å². The summed E-state index contributed by atoms with van der Waals surface area (Å²) in [5.74, 6) is -1.68. The number of aliphatic carboxylic acids is 1. The summed E-state index contributed by atoms with van der Waals surface area (Å²) in [5, 5.41) is 14.0. The second-order valence-corrected chi connectivity index (χ2v) is 5.30. The fourth-order valence-corrected chi connectivity index (χ4v) is 1.70. The van der Waals surface area contributed by atoms with E-state index in [-0.39, 0.29) is 5.91 Å². The van der Waals surface area contributed by atoms with Gasteiger partial charge in [0.2, 0.25) is 11.8 Å². The molecule has 1 rings (SSSR count). The van der Waals surface area contributed by atoms with Crippen LogP contribution in [0.25, 0.3) is 0 Å².